The van der Waals surface area contributed by atoms with Crippen LogP contribution in [0.1, 0.15) is 13.3 Å². The minimum atomic E-state index is 0.350. The van der Waals surface area contributed by atoms with Crippen molar-refractivity contribution in [3.05, 3.63) is 36.9 Å². The van der Waals surface area contributed by atoms with E-state index in [1.54, 1.807) is 0 Å². The van der Waals surface area contributed by atoms with Gasteiger partial charge in [0.2, 0.25) is 5.95 Å². The van der Waals surface area contributed by atoms with E-state index >= 15 is 0 Å². The molecule has 2 aromatic rings. The lowest BCUT2D eigenvalue weighted by molar-refractivity contribution is 0.803. The van der Waals surface area contributed by atoms with Gasteiger partial charge in [-0.3, -0.25) is 0 Å². The van der Waals surface area contributed by atoms with Crippen LogP contribution in [-0.2, 0) is 0 Å². The van der Waals surface area contributed by atoms with E-state index in [1.165, 1.54) is 0 Å². The lowest BCUT2D eigenvalue weighted by Crippen LogP contribution is -2.14. The Balaban J connectivity index is 2.18. The topological polar surface area (TPSA) is 40.7 Å². The van der Waals surface area contributed by atoms with Crippen LogP contribution in [0.15, 0.2) is 36.9 Å². The largest absolute Gasteiger partial charge is 0.353 e. The highest BCUT2D eigenvalue weighted by atomic mass is 15.1. The van der Waals surface area contributed by atoms with Gasteiger partial charge in [0.1, 0.15) is 0 Å². The smallest absolute Gasteiger partial charge is 0.201 e. The molecule has 0 aliphatic carbocycles. The van der Waals surface area contributed by atoms with Crippen molar-refractivity contribution in [3.8, 4) is 0 Å². The number of anilines is 1. The molecule has 2 N–H and O–H groups in total. The third-order valence-electron chi connectivity index (χ3n) is 2.29. The lowest BCUT2D eigenvalue weighted by atomic mass is 10.2. The second-order valence-electron chi connectivity index (χ2n) is 3.67. The molecule has 0 spiro atoms. The fraction of sp³-hybridized carbons (Fsp3) is 0.250. The highest BCUT2D eigenvalue weighted by molar-refractivity contribution is 5.77. The summed E-state index contributed by atoms with van der Waals surface area (Å²) in [5.74, 6) is 0.825. The van der Waals surface area contributed by atoms with E-state index in [-0.39, 0.29) is 0 Å². The van der Waals surface area contributed by atoms with Crippen LogP contribution in [0.2, 0.25) is 0 Å². The van der Waals surface area contributed by atoms with Crippen LogP contribution in [0.5, 0.6) is 0 Å². The molecule has 0 amide bonds. The summed E-state index contributed by atoms with van der Waals surface area (Å²) in [6.45, 7) is 5.82. The summed E-state index contributed by atoms with van der Waals surface area (Å²) < 4.78 is 0. The van der Waals surface area contributed by atoms with E-state index in [1.807, 2.05) is 30.3 Å². The minimum Gasteiger partial charge on any atom is -0.353 e. The predicted octanol–water partition coefficient (Wildman–Crippen LogP) is 2.94. The Kier molecular flexibility index (Phi) is 2.72. The quantitative estimate of drug-likeness (QED) is 0.747. The number of H-pyrrole nitrogens is 1. The number of hydrogen-bond donors (Lipinski definition) is 2. The molecule has 1 aromatic carbocycles. The molecular weight excluding hydrogens is 186 g/mol. The van der Waals surface area contributed by atoms with Crippen molar-refractivity contribution in [3.63, 3.8) is 0 Å². The van der Waals surface area contributed by atoms with Gasteiger partial charge in [-0.15, -0.1) is 6.58 Å². The van der Waals surface area contributed by atoms with Gasteiger partial charge in [0.05, 0.1) is 11.0 Å². The minimum absolute atomic E-state index is 0.350. The maximum Gasteiger partial charge on any atom is 0.201 e. The molecule has 1 heterocycles. The Morgan fingerprint density at radius 3 is 3.07 bits per heavy atom. The van der Waals surface area contributed by atoms with Crippen molar-refractivity contribution in [1.82, 2.24) is 9.97 Å². The number of hydrogen-bond acceptors (Lipinski definition) is 2. The summed E-state index contributed by atoms with van der Waals surface area (Å²) in [5, 5.41) is 3.29. The summed E-state index contributed by atoms with van der Waals surface area (Å²) in [6.07, 6.45) is 2.83. The first-order chi connectivity index (χ1) is 7.29. The molecule has 0 radical (unpaired) electrons. The molecule has 1 aromatic heterocycles. The molecular formula is C12H15N3. The van der Waals surface area contributed by atoms with E-state index in [0.717, 1.165) is 23.4 Å². The van der Waals surface area contributed by atoms with Gasteiger partial charge in [0, 0.05) is 6.04 Å². The zero-order valence-electron chi connectivity index (χ0n) is 8.83. The first kappa shape index (κ1) is 9.77. The number of rotatable bonds is 4. The molecule has 0 bridgehead atoms. The Morgan fingerprint density at radius 1 is 1.53 bits per heavy atom. The van der Waals surface area contributed by atoms with Gasteiger partial charge in [-0.1, -0.05) is 18.2 Å². The number of para-hydroxylation sites is 2. The summed E-state index contributed by atoms with van der Waals surface area (Å²) in [5.41, 5.74) is 2.05. The SMILES string of the molecule is C=CCC(C)Nc1nc2ccccc2[nH]1. The van der Waals surface area contributed by atoms with Gasteiger partial charge in [0.15, 0.2) is 0 Å². The number of aromatic amines is 1. The maximum absolute atomic E-state index is 4.43. The molecule has 0 saturated carbocycles. The summed E-state index contributed by atoms with van der Waals surface area (Å²) in [7, 11) is 0. The normalized spacial score (nSPS) is 12.6. The molecule has 78 valence electrons. The van der Waals surface area contributed by atoms with E-state index < -0.39 is 0 Å². The lowest BCUT2D eigenvalue weighted by Gasteiger charge is -2.09. The first-order valence-electron chi connectivity index (χ1n) is 5.12. The van der Waals surface area contributed by atoms with Crippen LogP contribution in [-0.4, -0.2) is 16.0 Å². The fourth-order valence-electron chi connectivity index (χ4n) is 1.56. The van der Waals surface area contributed by atoms with Crippen LogP contribution in [0.25, 0.3) is 11.0 Å². The molecule has 0 aliphatic rings. The van der Waals surface area contributed by atoms with Crippen molar-refractivity contribution >= 4 is 17.0 Å². The number of aromatic nitrogens is 2. The zero-order chi connectivity index (χ0) is 10.7. The number of fused-ring (bicyclic) bond motifs is 1. The van der Waals surface area contributed by atoms with E-state index in [2.05, 4.69) is 28.8 Å². The number of nitrogens with one attached hydrogen (secondary N) is 2. The number of imidazole rings is 1. The average Bonchev–Trinajstić information content (AvgIpc) is 2.59. The van der Waals surface area contributed by atoms with Crippen LogP contribution in [0.3, 0.4) is 0 Å². The highest BCUT2D eigenvalue weighted by Gasteiger charge is 2.04. The number of nitrogens with zero attached hydrogens (tertiary/aromatic N) is 1. The number of benzene rings is 1. The molecule has 0 saturated heterocycles. The standard InChI is InChI=1S/C12H15N3/c1-3-6-9(2)13-12-14-10-7-4-5-8-11(10)15-12/h3-5,7-9H,1,6H2,2H3,(H2,13,14,15). The van der Waals surface area contributed by atoms with Gasteiger partial charge in [-0.05, 0) is 25.5 Å². The Labute approximate surface area is 89.2 Å². The molecule has 1 atom stereocenters. The van der Waals surface area contributed by atoms with Crippen molar-refractivity contribution < 1.29 is 0 Å². The van der Waals surface area contributed by atoms with Crippen molar-refractivity contribution in [2.24, 2.45) is 0 Å². The van der Waals surface area contributed by atoms with Gasteiger partial charge < -0.3 is 10.3 Å². The molecule has 0 fully saturated rings. The Morgan fingerprint density at radius 2 is 2.33 bits per heavy atom. The third kappa shape index (κ3) is 2.18. The van der Waals surface area contributed by atoms with Gasteiger partial charge in [-0.25, -0.2) is 4.98 Å². The Bertz CT molecular complexity index is 426. The maximum atomic E-state index is 4.43. The van der Waals surface area contributed by atoms with Crippen LogP contribution in [0.4, 0.5) is 5.95 Å². The Hall–Kier alpha value is -1.77. The summed E-state index contributed by atoms with van der Waals surface area (Å²) in [4.78, 5) is 7.66. The second-order valence-corrected chi connectivity index (χ2v) is 3.67. The highest BCUT2D eigenvalue weighted by Crippen LogP contribution is 2.14. The van der Waals surface area contributed by atoms with Crippen LogP contribution >= 0.6 is 0 Å². The van der Waals surface area contributed by atoms with Gasteiger partial charge in [-0.2, -0.15) is 0 Å². The molecule has 3 heteroatoms. The van der Waals surface area contributed by atoms with Gasteiger partial charge >= 0.3 is 0 Å². The zero-order valence-corrected chi connectivity index (χ0v) is 8.83. The molecule has 1 unspecified atom stereocenters. The van der Waals surface area contributed by atoms with Gasteiger partial charge in [0.25, 0.3) is 0 Å². The summed E-state index contributed by atoms with van der Waals surface area (Å²) >= 11 is 0. The van der Waals surface area contributed by atoms with Crippen molar-refractivity contribution in [1.29, 1.82) is 0 Å². The first-order valence-corrected chi connectivity index (χ1v) is 5.12. The van der Waals surface area contributed by atoms with Crippen LogP contribution in [0, 0.1) is 0 Å². The third-order valence-corrected chi connectivity index (χ3v) is 2.29. The van der Waals surface area contributed by atoms with E-state index in [9.17, 15) is 0 Å². The summed E-state index contributed by atoms with van der Waals surface area (Å²) in [6, 6.07) is 8.35. The monoisotopic (exact) mass is 201 g/mol. The predicted molar refractivity (Wildman–Crippen MR) is 64.0 cm³/mol. The van der Waals surface area contributed by atoms with E-state index in [0.29, 0.717) is 6.04 Å². The molecule has 0 aliphatic heterocycles. The molecule has 15 heavy (non-hydrogen) atoms. The molecule has 2 rings (SSSR count). The van der Waals surface area contributed by atoms with Crippen molar-refractivity contribution in [2.45, 2.75) is 19.4 Å². The second kappa shape index (κ2) is 4.17. The fourth-order valence-corrected chi connectivity index (χ4v) is 1.56. The van der Waals surface area contributed by atoms with E-state index in [4.69, 9.17) is 0 Å². The average molecular weight is 201 g/mol. The van der Waals surface area contributed by atoms with Crippen molar-refractivity contribution in [2.75, 3.05) is 5.32 Å². The molecule has 3 nitrogen and oxygen atoms in total. The van der Waals surface area contributed by atoms with Crippen LogP contribution < -0.4 is 5.32 Å².